The quantitative estimate of drug-likeness (QED) is 0.433. The topological polar surface area (TPSA) is 116 Å². The number of carbonyl (C=O) groups is 3. The standard InChI is InChI=1S/C20H26Cl2N2O6/c21-9-11-24(12-10-22)16-6-7-17(14-4-2-1-3-13(14)16)30-20(29)23-15(19(27)28)5-8-18(25)26/h6-7,15H,1-5,8-12H2,(H,23,29)(H,25,26)(H,27,28)/t15-/m0/s1. The molecule has 0 fully saturated rings. The lowest BCUT2D eigenvalue weighted by atomic mass is 9.89. The van der Waals surface area contributed by atoms with Gasteiger partial charge < -0.3 is 25.2 Å². The van der Waals surface area contributed by atoms with Crippen molar-refractivity contribution in [3.8, 4) is 5.75 Å². The number of benzene rings is 1. The summed E-state index contributed by atoms with van der Waals surface area (Å²) in [6.45, 7) is 1.29. The number of aliphatic carboxylic acids is 2. The second kappa shape index (κ2) is 11.9. The molecule has 3 N–H and O–H groups in total. The van der Waals surface area contributed by atoms with E-state index < -0.39 is 24.1 Å². The van der Waals surface area contributed by atoms with Gasteiger partial charge in [0.15, 0.2) is 0 Å². The fourth-order valence-electron chi connectivity index (χ4n) is 3.56. The number of hydrogen-bond acceptors (Lipinski definition) is 5. The van der Waals surface area contributed by atoms with Gasteiger partial charge in [0.05, 0.1) is 0 Å². The van der Waals surface area contributed by atoms with Crippen LogP contribution in [0.1, 0.15) is 36.8 Å². The highest BCUT2D eigenvalue weighted by Gasteiger charge is 2.25. The van der Waals surface area contributed by atoms with E-state index in [1.165, 1.54) is 0 Å². The first kappa shape index (κ1) is 24.1. The van der Waals surface area contributed by atoms with Crippen molar-refractivity contribution in [2.75, 3.05) is 29.7 Å². The lowest BCUT2D eigenvalue weighted by Gasteiger charge is -2.30. The van der Waals surface area contributed by atoms with Gasteiger partial charge in [-0.1, -0.05) is 0 Å². The Balaban J connectivity index is 2.20. The number of anilines is 1. The van der Waals surface area contributed by atoms with Crippen LogP contribution in [0.4, 0.5) is 10.5 Å². The molecule has 1 aromatic carbocycles. The molecule has 30 heavy (non-hydrogen) atoms. The van der Waals surface area contributed by atoms with E-state index in [4.69, 9.17) is 33.0 Å². The molecule has 1 atom stereocenters. The number of nitrogens with one attached hydrogen (secondary N) is 1. The third-order valence-electron chi connectivity index (χ3n) is 4.96. The van der Waals surface area contributed by atoms with Crippen LogP contribution in [0, 0.1) is 0 Å². The van der Waals surface area contributed by atoms with E-state index in [1.807, 2.05) is 6.07 Å². The molecule has 1 amide bonds. The summed E-state index contributed by atoms with van der Waals surface area (Å²) < 4.78 is 5.42. The van der Waals surface area contributed by atoms with E-state index in [2.05, 4.69) is 10.2 Å². The number of carbonyl (C=O) groups excluding carboxylic acids is 1. The van der Waals surface area contributed by atoms with Crippen LogP contribution >= 0.6 is 23.2 Å². The van der Waals surface area contributed by atoms with Crippen molar-refractivity contribution >= 4 is 46.9 Å². The molecule has 166 valence electrons. The van der Waals surface area contributed by atoms with Crippen LogP contribution in [0.5, 0.6) is 5.75 Å². The number of nitrogens with zero attached hydrogens (tertiary/aromatic N) is 1. The molecule has 0 saturated heterocycles. The van der Waals surface area contributed by atoms with Crippen molar-refractivity contribution in [3.05, 3.63) is 23.3 Å². The molecule has 1 aliphatic carbocycles. The molecule has 1 aliphatic rings. The molecule has 0 aliphatic heterocycles. The average molecular weight is 461 g/mol. The van der Waals surface area contributed by atoms with Crippen LogP contribution < -0.4 is 15.0 Å². The predicted octanol–water partition coefficient (Wildman–Crippen LogP) is 3.26. The summed E-state index contributed by atoms with van der Waals surface area (Å²) >= 11 is 11.9. The van der Waals surface area contributed by atoms with E-state index in [9.17, 15) is 19.5 Å². The third kappa shape index (κ3) is 6.67. The van der Waals surface area contributed by atoms with Crippen molar-refractivity contribution in [1.82, 2.24) is 5.32 Å². The number of rotatable bonds is 11. The van der Waals surface area contributed by atoms with Crippen molar-refractivity contribution in [2.24, 2.45) is 0 Å². The molecule has 1 aromatic rings. The van der Waals surface area contributed by atoms with Gasteiger partial charge in [0.25, 0.3) is 0 Å². The monoisotopic (exact) mass is 460 g/mol. The summed E-state index contributed by atoms with van der Waals surface area (Å²) in [4.78, 5) is 36.4. The minimum absolute atomic E-state index is 0.234. The average Bonchev–Trinajstić information content (AvgIpc) is 2.71. The van der Waals surface area contributed by atoms with E-state index >= 15 is 0 Å². The first-order valence-electron chi connectivity index (χ1n) is 9.82. The normalized spacial score (nSPS) is 13.8. The molecule has 8 nitrogen and oxygen atoms in total. The zero-order chi connectivity index (χ0) is 22.1. The molecule has 10 heteroatoms. The summed E-state index contributed by atoms with van der Waals surface area (Å²) in [5, 5.41) is 20.2. The summed E-state index contributed by atoms with van der Waals surface area (Å²) in [5.41, 5.74) is 3.02. The fourth-order valence-corrected chi connectivity index (χ4v) is 3.97. The van der Waals surface area contributed by atoms with Gasteiger partial charge in [0, 0.05) is 42.5 Å². The van der Waals surface area contributed by atoms with E-state index in [-0.39, 0.29) is 12.8 Å². The lowest BCUT2D eigenvalue weighted by molar-refractivity contribution is -0.140. The van der Waals surface area contributed by atoms with E-state index in [0.717, 1.165) is 42.5 Å². The molecular weight excluding hydrogens is 435 g/mol. The zero-order valence-electron chi connectivity index (χ0n) is 16.5. The molecule has 0 heterocycles. The molecule has 2 rings (SSSR count). The van der Waals surface area contributed by atoms with Gasteiger partial charge >= 0.3 is 18.0 Å². The summed E-state index contributed by atoms with van der Waals surface area (Å²) in [6.07, 6.45) is 2.01. The van der Waals surface area contributed by atoms with Gasteiger partial charge in [-0.15, -0.1) is 23.2 Å². The molecule has 0 spiro atoms. The number of ether oxygens (including phenoxy) is 1. The highest BCUT2D eigenvalue weighted by atomic mass is 35.5. The molecule has 0 radical (unpaired) electrons. The summed E-state index contributed by atoms with van der Waals surface area (Å²) in [6, 6.07) is 2.22. The van der Waals surface area contributed by atoms with E-state index in [1.54, 1.807) is 6.07 Å². The van der Waals surface area contributed by atoms with Crippen LogP contribution in [0.25, 0.3) is 0 Å². The van der Waals surface area contributed by atoms with Crippen molar-refractivity contribution in [3.63, 3.8) is 0 Å². The third-order valence-corrected chi connectivity index (χ3v) is 5.29. The van der Waals surface area contributed by atoms with E-state index in [0.29, 0.717) is 30.6 Å². The first-order valence-corrected chi connectivity index (χ1v) is 10.9. The van der Waals surface area contributed by atoms with Gasteiger partial charge in [0.1, 0.15) is 11.8 Å². The predicted molar refractivity (Wildman–Crippen MR) is 114 cm³/mol. The second-order valence-corrected chi connectivity index (χ2v) is 7.73. The molecule has 0 saturated carbocycles. The first-order chi connectivity index (χ1) is 14.4. The van der Waals surface area contributed by atoms with Crippen molar-refractivity contribution in [1.29, 1.82) is 0 Å². The van der Waals surface area contributed by atoms with Crippen LogP contribution in [0.3, 0.4) is 0 Å². The van der Waals surface area contributed by atoms with Crippen LogP contribution in [0.15, 0.2) is 12.1 Å². The van der Waals surface area contributed by atoms with Gasteiger partial charge in [-0.3, -0.25) is 4.79 Å². The highest BCUT2D eigenvalue weighted by molar-refractivity contribution is 6.18. The number of carboxylic acids is 2. The molecular formula is C20H26Cl2N2O6. The number of carboxylic acid groups (broad SMARTS) is 2. The zero-order valence-corrected chi connectivity index (χ0v) is 18.0. The number of fused-ring (bicyclic) bond motifs is 1. The molecule has 0 aromatic heterocycles. The Hall–Kier alpha value is -2.19. The number of amides is 1. The maximum Gasteiger partial charge on any atom is 0.413 e. The summed E-state index contributed by atoms with van der Waals surface area (Å²) in [5.74, 6) is -1.16. The smallest absolute Gasteiger partial charge is 0.413 e. The number of hydrogen-bond donors (Lipinski definition) is 3. The Kier molecular flexibility index (Phi) is 9.52. The van der Waals surface area contributed by atoms with Gasteiger partial charge in [-0.2, -0.15) is 0 Å². The maximum absolute atomic E-state index is 12.3. The van der Waals surface area contributed by atoms with Crippen LogP contribution in [-0.2, 0) is 22.4 Å². The number of alkyl halides is 2. The molecule has 0 bridgehead atoms. The SMILES string of the molecule is O=C(O)CC[C@H](NC(=O)Oc1ccc(N(CCCl)CCCl)c2c1CCCC2)C(=O)O. The van der Waals surface area contributed by atoms with Crippen molar-refractivity contribution < 1.29 is 29.3 Å². The largest absolute Gasteiger partial charge is 0.481 e. The Labute approximate surface area is 185 Å². The Morgan fingerprint density at radius 1 is 1.07 bits per heavy atom. The minimum atomic E-state index is -1.34. The summed E-state index contributed by atoms with van der Waals surface area (Å²) in [7, 11) is 0. The van der Waals surface area contributed by atoms with Gasteiger partial charge in [-0.25, -0.2) is 9.59 Å². The fraction of sp³-hybridized carbons (Fsp3) is 0.550. The Morgan fingerprint density at radius 3 is 2.27 bits per heavy atom. The molecule has 0 unspecified atom stereocenters. The highest BCUT2D eigenvalue weighted by Crippen LogP contribution is 2.36. The number of halogens is 2. The lowest BCUT2D eigenvalue weighted by Crippen LogP contribution is -2.42. The van der Waals surface area contributed by atoms with Crippen LogP contribution in [-0.4, -0.2) is 59.1 Å². The minimum Gasteiger partial charge on any atom is -0.481 e. The maximum atomic E-state index is 12.3. The van der Waals surface area contributed by atoms with Gasteiger partial charge in [-0.05, 0) is 49.8 Å². The van der Waals surface area contributed by atoms with Crippen molar-refractivity contribution in [2.45, 2.75) is 44.6 Å². The Bertz CT molecular complexity index is 768. The second-order valence-electron chi connectivity index (χ2n) is 6.97. The van der Waals surface area contributed by atoms with Crippen LogP contribution in [0.2, 0.25) is 0 Å². The Morgan fingerprint density at radius 2 is 1.70 bits per heavy atom. The van der Waals surface area contributed by atoms with Gasteiger partial charge in [0.2, 0.25) is 0 Å².